The molecule has 1 aromatic rings. The molecule has 3 heterocycles. The molecular weight excluding hydrogens is 228 g/mol. The Morgan fingerprint density at radius 3 is 3.22 bits per heavy atom. The quantitative estimate of drug-likeness (QED) is 0.870. The minimum atomic E-state index is 0.678. The number of aromatic nitrogens is 2. The van der Waals surface area contributed by atoms with Crippen molar-refractivity contribution in [3.05, 3.63) is 11.7 Å². The summed E-state index contributed by atoms with van der Waals surface area (Å²) in [4.78, 5) is 6.88. The molecule has 18 heavy (non-hydrogen) atoms. The standard InChI is InChI=1S/C13H22N4O/c1-2-4-12-15-13(18-16-12)9-17-7-10-5-3-6-14-11(10)8-17/h10-11,14H,2-9H2,1H3/t10-,11+/m0/s1. The van der Waals surface area contributed by atoms with Gasteiger partial charge in [0, 0.05) is 25.6 Å². The van der Waals surface area contributed by atoms with E-state index < -0.39 is 0 Å². The van der Waals surface area contributed by atoms with Crippen LogP contribution >= 0.6 is 0 Å². The van der Waals surface area contributed by atoms with Crippen molar-refractivity contribution in [1.82, 2.24) is 20.4 Å². The summed E-state index contributed by atoms with van der Waals surface area (Å²) >= 11 is 0. The third-order valence-electron chi connectivity index (χ3n) is 4.02. The number of nitrogens with zero attached hydrogens (tertiary/aromatic N) is 3. The minimum Gasteiger partial charge on any atom is -0.338 e. The number of rotatable bonds is 4. The van der Waals surface area contributed by atoms with Gasteiger partial charge in [-0.1, -0.05) is 12.1 Å². The monoisotopic (exact) mass is 250 g/mol. The Labute approximate surface area is 108 Å². The van der Waals surface area contributed by atoms with E-state index in [-0.39, 0.29) is 0 Å². The maximum atomic E-state index is 5.31. The zero-order chi connectivity index (χ0) is 12.4. The molecule has 0 amide bonds. The van der Waals surface area contributed by atoms with Crippen LogP contribution in [-0.4, -0.2) is 40.7 Å². The van der Waals surface area contributed by atoms with Crippen LogP contribution in [0.2, 0.25) is 0 Å². The molecule has 0 saturated carbocycles. The molecule has 1 aromatic heterocycles. The van der Waals surface area contributed by atoms with Gasteiger partial charge in [0.2, 0.25) is 5.89 Å². The summed E-state index contributed by atoms with van der Waals surface area (Å²) in [6.45, 7) is 6.41. The van der Waals surface area contributed by atoms with Crippen LogP contribution in [0.4, 0.5) is 0 Å². The summed E-state index contributed by atoms with van der Waals surface area (Å²) in [6, 6.07) is 0.678. The van der Waals surface area contributed by atoms with E-state index in [9.17, 15) is 0 Å². The van der Waals surface area contributed by atoms with Crippen LogP contribution in [0, 0.1) is 5.92 Å². The van der Waals surface area contributed by atoms with E-state index in [1.54, 1.807) is 0 Å². The van der Waals surface area contributed by atoms with E-state index in [4.69, 9.17) is 4.52 Å². The van der Waals surface area contributed by atoms with Gasteiger partial charge in [-0.3, -0.25) is 4.90 Å². The van der Waals surface area contributed by atoms with E-state index in [1.807, 2.05) is 0 Å². The molecular formula is C13H22N4O. The van der Waals surface area contributed by atoms with Gasteiger partial charge in [0.05, 0.1) is 6.54 Å². The molecule has 0 aliphatic carbocycles. The van der Waals surface area contributed by atoms with Gasteiger partial charge in [-0.2, -0.15) is 4.98 Å². The molecule has 0 aromatic carbocycles. The molecule has 0 radical (unpaired) electrons. The average Bonchev–Trinajstić information content (AvgIpc) is 2.96. The molecule has 0 bridgehead atoms. The van der Waals surface area contributed by atoms with Crippen molar-refractivity contribution in [2.45, 2.75) is 45.2 Å². The van der Waals surface area contributed by atoms with Gasteiger partial charge in [-0.05, 0) is 31.7 Å². The van der Waals surface area contributed by atoms with E-state index in [2.05, 4.69) is 27.3 Å². The summed E-state index contributed by atoms with van der Waals surface area (Å²) in [5.41, 5.74) is 0. The van der Waals surface area contributed by atoms with Crippen molar-refractivity contribution in [3.8, 4) is 0 Å². The lowest BCUT2D eigenvalue weighted by Crippen LogP contribution is -2.40. The highest BCUT2D eigenvalue weighted by Gasteiger charge is 2.34. The number of aryl methyl sites for hydroxylation is 1. The first-order valence-corrected chi connectivity index (χ1v) is 7.12. The summed E-state index contributed by atoms with van der Waals surface area (Å²) in [7, 11) is 0. The van der Waals surface area contributed by atoms with Crippen LogP contribution < -0.4 is 5.32 Å². The highest BCUT2D eigenvalue weighted by Crippen LogP contribution is 2.25. The fourth-order valence-electron chi connectivity index (χ4n) is 3.14. The first-order valence-electron chi connectivity index (χ1n) is 7.12. The van der Waals surface area contributed by atoms with Gasteiger partial charge in [0.1, 0.15) is 0 Å². The van der Waals surface area contributed by atoms with Crippen molar-refractivity contribution < 1.29 is 4.52 Å². The second-order valence-electron chi connectivity index (χ2n) is 5.51. The zero-order valence-electron chi connectivity index (χ0n) is 11.1. The van der Waals surface area contributed by atoms with Crippen LogP contribution in [0.15, 0.2) is 4.52 Å². The van der Waals surface area contributed by atoms with E-state index in [0.29, 0.717) is 6.04 Å². The molecule has 2 aliphatic rings. The first kappa shape index (κ1) is 12.1. The molecule has 0 spiro atoms. The van der Waals surface area contributed by atoms with Gasteiger partial charge in [-0.25, -0.2) is 0 Å². The average molecular weight is 250 g/mol. The number of nitrogens with one attached hydrogen (secondary N) is 1. The second kappa shape index (κ2) is 5.36. The Morgan fingerprint density at radius 1 is 1.44 bits per heavy atom. The van der Waals surface area contributed by atoms with Crippen LogP contribution in [-0.2, 0) is 13.0 Å². The van der Waals surface area contributed by atoms with Gasteiger partial charge < -0.3 is 9.84 Å². The van der Waals surface area contributed by atoms with Crippen LogP contribution in [0.3, 0.4) is 0 Å². The van der Waals surface area contributed by atoms with Crippen molar-refractivity contribution in [1.29, 1.82) is 0 Å². The van der Waals surface area contributed by atoms with Crippen LogP contribution in [0.5, 0.6) is 0 Å². The van der Waals surface area contributed by atoms with Crippen LogP contribution in [0.25, 0.3) is 0 Å². The number of hydrogen-bond acceptors (Lipinski definition) is 5. The SMILES string of the molecule is CCCc1noc(CN2C[C@@H]3CCCN[C@@H]3C2)n1. The molecule has 3 rings (SSSR count). The summed E-state index contributed by atoms with van der Waals surface area (Å²) in [6.07, 6.45) is 4.66. The van der Waals surface area contributed by atoms with Gasteiger partial charge in [-0.15, -0.1) is 0 Å². The highest BCUT2D eigenvalue weighted by molar-refractivity contribution is 4.94. The van der Waals surface area contributed by atoms with Crippen molar-refractivity contribution in [2.24, 2.45) is 5.92 Å². The number of likely N-dealkylation sites (tertiary alicyclic amines) is 1. The van der Waals surface area contributed by atoms with Crippen LogP contribution in [0.1, 0.15) is 37.9 Å². The Balaban J connectivity index is 1.56. The van der Waals surface area contributed by atoms with Gasteiger partial charge >= 0.3 is 0 Å². The van der Waals surface area contributed by atoms with Gasteiger partial charge in [0.15, 0.2) is 5.82 Å². The Hall–Kier alpha value is -0.940. The van der Waals surface area contributed by atoms with Gasteiger partial charge in [0.25, 0.3) is 0 Å². The van der Waals surface area contributed by atoms with Crippen molar-refractivity contribution >= 4 is 0 Å². The number of hydrogen-bond donors (Lipinski definition) is 1. The first-order chi connectivity index (χ1) is 8.85. The molecule has 0 unspecified atom stereocenters. The maximum Gasteiger partial charge on any atom is 0.240 e. The molecule has 100 valence electrons. The molecule has 1 N–H and O–H groups in total. The normalized spacial score (nSPS) is 28.5. The summed E-state index contributed by atoms with van der Waals surface area (Å²) < 4.78 is 5.31. The molecule has 2 atom stereocenters. The summed E-state index contributed by atoms with van der Waals surface area (Å²) in [5.74, 6) is 2.44. The van der Waals surface area contributed by atoms with E-state index in [1.165, 1.54) is 25.9 Å². The molecule has 2 aliphatic heterocycles. The predicted octanol–water partition coefficient (Wildman–Crippen LogP) is 1.21. The number of fused-ring (bicyclic) bond motifs is 1. The lowest BCUT2D eigenvalue weighted by atomic mass is 9.94. The minimum absolute atomic E-state index is 0.678. The predicted molar refractivity (Wildman–Crippen MR) is 68.1 cm³/mol. The topological polar surface area (TPSA) is 54.2 Å². The molecule has 2 saturated heterocycles. The van der Waals surface area contributed by atoms with E-state index in [0.717, 1.165) is 43.6 Å². The smallest absolute Gasteiger partial charge is 0.240 e. The van der Waals surface area contributed by atoms with E-state index >= 15 is 0 Å². The third kappa shape index (κ3) is 2.57. The fourth-order valence-corrected chi connectivity index (χ4v) is 3.14. The third-order valence-corrected chi connectivity index (χ3v) is 4.02. The Morgan fingerprint density at radius 2 is 2.39 bits per heavy atom. The second-order valence-corrected chi connectivity index (χ2v) is 5.51. The lowest BCUT2D eigenvalue weighted by molar-refractivity contribution is 0.258. The molecule has 5 heteroatoms. The lowest BCUT2D eigenvalue weighted by Gasteiger charge is -2.24. The molecule has 2 fully saturated rings. The highest BCUT2D eigenvalue weighted by atomic mass is 16.5. The van der Waals surface area contributed by atoms with Crippen molar-refractivity contribution in [2.75, 3.05) is 19.6 Å². The Bertz CT molecular complexity index is 378. The fraction of sp³-hybridized carbons (Fsp3) is 0.846. The molecule has 5 nitrogen and oxygen atoms in total. The Kier molecular flexibility index (Phi) is 3.61. The van der Waals surface area contributed by atoms with Crippen molar-refractivity contribution in [3.63, 3.8) is 0 Å². The summed E-state index contributed by atoms with van der Waals surface area (Å²) in [5, 5.41) is 7.62. The largest absolute Gasteiger partial charge is 0.338 e. The zero-order valence-corrected chi connectivity index (χ0v) is 11.1. The number of piperidine rings is 1. The maximum absolute atomic E-state index is 5.31.